The van der Waals surface area contributed by atoms with E-state index in [-0.39, 0.29) is 11.3 Å². The summed E-state index contributed by atoms with van der Waals surface area (Å²) in [7, 11) is 1.61. The molecule has 1 heterocycles. The molecule has 3 rings (SSSR count). The lowest BCUT2D eigenvalue weighted by atomic mass is 10.1. The van der Waals surface area contributed by atoms with Gasteiger partial charge in [-0.2, -0.15) is 0 Å². The highest BCUT2D eigenvalue weighted by atomic mass is 35.5. The highest BCUT2D eigenvalue weighted by molar-refractivity contribution is 6.17. The topological polar surface area (TPSA) is 39.4 Å². The first kappa shape index (κ1) is 12.1. The van der Waals surface area contributed by atoms with Crippen LogP contribution in [0, 0.1) is 0 Å². The molecule has 19 heavy (non-hydrogen) atoms. The van der Waals surface area contributed by atoms with Crippen molar-refractivity contribution < 1.29 is 9.15 Å². The van der Waals surface area contributed by atoms with Gasteiger partial charge in [0.2, 0.25) is 0 Å². The van der Waals surface area contributed by atoms with Crippen LogP contribution in [0.15, 0.2) is 45.8 Å². The molecule has 0 saturated heterocycles. The van der Waals surface area contributed by atoms with Crippen LogP contribution in [0.4, 0.5) is 0 Å². The molecular weight excluding hydrogens is 264 g/mol. The molecule has 0 saturated carbocycles. The van der Waals surface area contributed by atoms with Crippen molar-refractivity contribution in [2.75, 3.05) is 7.11 Å². The van der Waals surface area contributed by atoms with Gasteiger partial charge in [-0.3, -0.25) is 4.79 Å². The first-order valence-corrected chi connectivity index (χ1v) is 6.35. The van der Waals surface area contributed by atoms with E-state index >= 15 is 0 Å². The standard InChI is InChI=1S/C15H11ClO3/c1-18-11-4-2-9-3-5-12-14(17)10(7-16)8-19-15(12)13(9)6-11/h2-6,8H,7H2,1H3. The van der Waals surface area contributed by atoms with E-state index < -0.39 is 0 Å². The minimum atomic E-state index is -0.0824. The van der Waals surface area contributed by atoms with E-state index in [2.05, 4.69) is 0 Å². The van der Waals surface area contributed by atoms with Gasteiger partial charge in [0.05, 0.1) is 30.2 Å². The van der Waals surface area contributed by atoms with Crippen LogP contribution in [0.2, 0.25) is 0 Å². The van der Waals surface area contributed by atoms with E-state index in [0.29, 0.717) is 16.5 Å². The molecule has 0 atom stereocenters. The van der Waals surface area contributed by atoms with Gasteiger partial charge in [-0.15, -0.1) is 11.6 Å². The summed E-state index contributed by atoms with van der Waals surface area (Å²) in [5.41, 5.74) is 0.952. The number of halogens is 1. The van der Waals surface area contributed by atoms with E-state index in [0.717, 1.165) is 16.5 Å². The number of benzene rings is 2. The third-order valence-corrected chi connectivity index (χ3v) is 3.47. The number of methoxy groups -OCH3 is 1. The Bertz CT molecular complexity index is 821. The van der Waals surface area contributed by atoms with E-state index in [1.807, 2.05) is 24.3 Å². The zero-order valence-corrected chi connectivity index (χ0v) is 11.0. The van der Waals surface area contributed by atoms with Gasteiger partial charge in [0.1, 0.15) is 11.3 Å². The fourth-order valence-electron chi connectivity index (χ4n) is 2.15. The zero-order chi connectivity index (χ0) is 13.4. The molecule has 96 valence electrons. The molecular formula is C15H11ClO3. The molecule has 0 fully saturated rings. The van der Waals surface area contributed by atoms with Gasteiger partial charge < -0.3 is 9.15 Å². The molecule has 0 radical (unpaired) electrons. The van der Waals surface area contributed by atoms with Crippen molar-refractivity contribution in [2.24, 2.45) is 0 Å². The maximum Gasteiger partial charge on any atom is 0.197 e. The molecule has 0 N–H and O–H groups in total. The summed E-state index contributed by atoms with van der Waals surface area (Å²) in [4.78, 5) is 12.2. The fraction of sp³-hybridized carbons (Fsp3) is 0.133. The summed E-state index contributed by atoms with van der Waals surface area (Å²) in [5.74, 6) is 0.873. The van der Waals surface area contributed by atoms with Crippen molar-refractivity contribution in [3.63, 3.8) is 0 Å². The Morgan fingerprint density at radius 1 is 1.21 bits per heavy atom. The summed E-state index contributed by atoms with van der Waals surface area (Å²) in [6.07, 6.45) is 1.43. The van der Waals surface area contributed by atoms with Gasteiger partial charge >= 0.3 is 0 Å². The van der Waals surface area contributed by atoms with Crippen molar-refractivity contribution >= 4 is 33.3 Å². The summed E-state index contributed by atoms with van der Waals surface area (Å²) in [6.45, 7) is 0. The van der Waals surface area contributed by atoms with E-state index in [1.165, 1.54) is 6.26 Å². The Labute approximate surface area is 114 Å². The van der Waals surface area contributed by atoms with E-state index in [1.54, 1.807) is 13.2 Å². The van der Waals surface area contributed by atoms with Gasteiger partial charge in [0.25, 0.3) is 0 Å². The number of rotatable bonds is 2. The summed E-state index contributed by atoms with van der Waals surface area (Å²) in [6, 6.07) is 9.33. The number of hydrogen-bond donors (Lipinski definition) is 0. The van der Waals surface area contributed by atoms with Crippen LogP contribution in [0.1, 0.15) is 5.56 Å². The van der Waals surface area contributed by atoms with Crippen molar-refractivity contribution in [2.45, 2.75) is 5.88 Å². The maximum atomic E-state index is 12.2. The minimum Gasteiger partial charge on any atom is -0.497 e. The molecule has 1 aromatic heterocycles. The molecule has 4 heteroatoms. The van der Waals surface area contributed by atoms with Gasteiger partial charge in [-0.25, -0.2) is 0 Å². The summed E-state index contributed by atoms with van der Waals surface area (Å²) >= 11 is 5.72. The summed E-state index contributed by atoms with van der Waals surface area (Å²) < 4.78 is 10.8. The lowest BCUT2D eigenvalue weighted by Gasteiger charge is -2.06. The molecule has 3 aromatic rings. The number of hydrogen-bond acceptors (Lipinski definition) is 3. The van der Waals surface area contributed by atoms with Crippen LogP contribution in [-0.4, -0.2) is 7.11 Å². The SMILES string of the molecule is COc1ccc2ccc3c(=O)c(CCl)coc3c2c1. The second-order valence-corrected chi connectivity index (χ2v) is 4.52. The molecule has 0 spiro atoms. The zero-order valence-electron chi connectivity index (χ0n) is 10.3. The predicted octanol–water partition coefficient (Wildman–Crippen LogP) is 3.69. The van der Waals surface area contributed by atoms with Crippen LogP contribution in [0.5, 0.6) is 5.75 Å². The van der Waals surface area contributed by atoms with Crippen LogP contribution < -0.4 is 10.2 Å². The monoisotopic (exact) mass is 274 g/mol. The first-order chi connectivity index (χ1) is 9.24. The quantitative estimate of drug-likeness (QED) is 0.528. The lowest BCUT2D eigenvalue weighted by Crippen LogP contribution is -2.06. The Balaban J connectivity index is 2.46. The Kier molecular flexibility index (Phi) is 2.91. The van der Waals surface area contributed by atoms with Crippen LogP contribution in [-0.2, 0) is 5.88 Å². The lowest BCUT2D eigenvalue weighted by molar-refractivity contribution is 0.415. The third-order valence-electron chi connectivity index (χ3n) is 3.18. The molecule has 2 aromatic carbocycles. The van der Waals surface area contributed by atoms with Gasteiger partial charge in [0.15, 0.2) is 5.43 Å². The number of ether oxygens (including phenoxy) is 1. The molecule has 0 bridgehead atoms. The predicted molar refractivity (Wildman–Crippen MR) is 76.1 cm³/mol. The van der Waals surface area contributed by atoms with E-state index in [4.69, 9.17) is 20.8 Å². The highest BCUT2D eigenvalue weighted by Crippen LogP contribution is 2.27. The second kappa shape index (κ2) is 4.59. The minimum absolute atomic E-state index is 0.0824. The highest BCUT2D eigenvalue weighted by Gasteiger charge is 2.09. The Hall–Kier alpha value is -2.00. The van der Waals surface area contributed by atoms with Crippen LogP contribution in [0.25, 0.3) is 21.7 Å². The molecule has 0 aliphatic rings. The summed E-state index contributed by atoms with van der Waals surface area (Å²) in [5, 5.41) is 2.39. The first-order valence-electron chi connectivity index (χ1n) is 5.81. The smallest absolute Gasteiger partial charge is 0.197 e. The van der Waals surface area contributed by atoms with E-state index in [9.17, 15) is 4.79 Å². The Morgan fingerprint density at radius 3 is 2.74 bits per heavy atom. The van der Waals surface area contributed by atoms with Gasteiger partial charge in [0, 0.05) is 5.39 Å². The number of alkyl halides is 1. The normalized spacial score (nSPS) is 11.1. The fourth-order valence-corrected chi connectivity index (χ4v) is 2.34. The molecule has 0 aliphatic carbocycles. The van der Waals surface area contributed by atoms with Gasteiger partial charge in [-0.1, -0.05) is 12.1 Å². The third kappa shape index (κ3) is 1.87. The van der Waals surface area contributed by atoms with Gasteiger partial charge in [-0.05, 0) is 23.6 Å². The molecule has 3 nitrogen and oxygen atoms in total. The van der Waals surface area contributed by atoms with Crippen LogP contribution >= 0.6 is 11.6 Å². The largest absolute Gasteiger partial charge is 0.497 e. The molecule has 0 unspecified atom stereocenters. The average Bonchev–Trinajstić information content (AvgIpc) is 2.47. The van der Waals surface area contributed by atoms with Crippen molar-refractivity contribution in [1.29, 1.82) is 0 Å². The van der Waals surface area contributed by atoms with Crippen molar-refractivity contribution in [1.82, 2.24) is 0 Å². The second-order valence-electron chi connectivity index (χ2n) is 4.25. The van der Waals surface area contributed by atoms with Crippen LogP contribution in [0.3, 0.4) is 0 Å². The average molecular weight is 275 g/mol. The van der Waals surface area contributed by atoms with Crippen molar-refractivity contribution in [3.8, 4) is 5.75 Å². The number of fused-ring (bicyclic) bond motifs is 3. The maximum absolute atomic E-state index is 12.2. The Morgan fingerprint density at radius 2 is 2.00 bits per heavy atom. The molecule has 0 aliphatic heterocycles. The molecule has 0 amide bonds. The van der Waals surface area contributed by atoms with Crippen molar-refractivity contribution in [3.05, 3.63) is 52.4 Å².